The van der Waals surface area contributed by atoms with E-state index in [1.165, 1.54) is 0 Å². The summed E-state index contributed by atoms with van der Waals surface area (Å²) in [5.41, 5.74) is 4.24. The monoisotopic (exact) mass is 427 g/mol. The zero-order valence-corrected chi connectivity index (χ0v) is 18.8. The van der Waals surface area contributed by atoms with E-state index >= 15 is 0 Å². The molecule has 0 aliphatic carbocycles. The van der Waals surface area contributed by atoms with E-state index in [1.807, 2.05) is 18.5 Å². The fourth-order valence-electron chi connectivity index (χ4n) is 3.70. The van der Waals surface area contributed by atoms with Crippen LogP contribution < -0.4 is 16.0 Å². The Morgan fingerprint density at radius 3 is 2.45 bits per heavy atom. The van der Waals surface area contributed by atoms with Gasteiger partial charge in [0.15, 0.2) is 0 Å². The van der Waals surface area contributed by atoms with Crippen molar-refractivity contribution in [3.63, 3.8) is 0 Å². The van der Waals surface area contributed by atoms with Gasteiger partial charge in [-0.15, -0.1) is 0 Å². The lowest BCUT2D eigenvalue weighted by molar-refractivity contribution is -0.115. The summed E-state index contributed by atoms with van der Waals surface area (Å²) in [6.45, 7) is 10.4. The molecule has 2 heterocycles. The fourth-order valence-corrected chi connectivity index (χ4v) is 3.70. The molecule has 0 saturated carbocycles. The van der Waals surface area contributed by atoms with Crippen molar-refractivity contribution >= 4 is 23.3 Å². The van der Waals surface area contributed by atoms with Crippen LogP contribution in [0.2, 0.25) is 0 Å². The molecule has 1 fully saturated rings. The van der Waals surface area contributed by atoms with Gasteiger partial charge in [-0.2, -0.15) is 5.10 Å². The predicted octanol–water partition coefficient (Wildman–Crippen LogP) is 3.64. The highest BCUT2D eigenvalue weighted by molar-refractivity contribution is 5.93. The molecule has 0 bridgehead atoms. The summed E-state index contributed by atoms with van der Waals surface area (Å²) in [6.07, 6.45) is 2.40. The summed E-state index contributed by atoms with van der Waals surface area (Å²) in [6, 6.07) is 6.80. The molecule has 168 valence electrons. The standard InChI is InChI=1S/C23H33N5O3/c1-15(2)14-28-17(4)21(16(3)27-28)12-22(29)25-18-7-9-19(10-8-18)26-23(30)24-13-20-6-5-11-31-20/h7-10,15,20H,5-6,11-14H2,1-4H3,(H,25,29)(H2,24,26,30). The predicted molar refractivity (Wildman–Crippen MR) is 121 cm³/mol. The van der Waals surface area contributed by atoms with Gasteiger partial charge in [0.2, 0.25) is 5.91 Å². The summed E-state index contributed by atoms with van der Waals surface area (Å²) < 4.78 is 7.47. The van der Waals surface area contributed by atoms with Crippen LogP contribution >= 0.6 is 0 Å². The minimum atomic E-state index is -0.267. The first-order valence-corrected chi connectivity index (χ1v) is 10.9. The number of anilines is 2. The molecular formula is C23H33N5O3. The van der Waals surface area contributed by atoms with Gasteiger partial charge in [-0.25, -0.2) is 4.79 Å². The molecule has 1 atom stereocenters. The summed E-state index contributed by atoms with van der Waals surface area (Å²) in [7, 11) is 0. The highest BCUT2D eigenvalue weighted by Crippen LogP contribution is 2.18. The lowest BCUT2D eigenvalue weighted by atomic mass is 10.1. The first-order chi connectivity index (χ1) is 14.8. The van der Waals surface area contributed by atoms with E-state index in [1.54, 1.807) is 24.3 Å². The van der Waals surface area contributed by atoms with Crippen molar-refractivity contribution in [3.05, 3.63) is 41.2 Å². The Morgan fingerprint density at radius 2 is 1.84 bits per heavy atom. The van der Waals surface area contributed by atoms with Gasteiger partial charge >= 0.3 is 6.03 Å². The Bertz CT molecular complexity index is 899. The normalized spacial score (nSPS) is 15.8. The van der Waals surface area contributed by atoms with Crippen LogP contribution in [0.3, 0.4) is 0 Å². The van der Waals surface area contributed by atoms with E-state index in [0.717, 1.165) is 42.9 Å². The van der Waals surface area contributed by atoms with E-state index < -0.39 is 0 Å². The van der Waals surface area contributed by atoms with Crippen LogP contribution in [0.4, 0.5) is 16.2 Å². The van der Waals surface area contributed by atoms with Crippen molar-refractivity contribution in [2.45, 2.75) is 59.6 Å². The average Bonchev–Trinajstić information content (AvgIpc) is 3.32. The molecule has 1 aliphatic heterocycles. The average molecular weight is 428 g/mol. The molecule has 3 amide bonds. The van der Waals surface area contributed by atoms with Crippen molar-refractivity contribution < 1.29 is 14.3 Å². The third-order valence-corrected chi connectivity index (χ3v) is 5.35. The molecule has 1 aromatic heterocycles. The first kappa shape index (κ1) is 22.8. The third kappa shape index (κ3) is 6.55. The Labute approximate surface area is 183 Å². The Kier molecular flexibility index (Phi) is 7.68. The number of hydrogen-bond acceptors (Lipinski definition) is 4. The number of hydrogen-bond donors (Lipinski definition) is 3. The number of carbonyl (C=O) groups excluding carboxylic acids is 2. The van der Waals surface area contributed by atoms with Crippen LogP contribution in [-0.2, 0) is 22.5 Å². The van der Waals surface area contributed by atoms with Crippen LogP contribution in [0, 0.1) is 19.8 Å². The number of aromatic nitrogens is 2. The maximum atomic E-state index is 12.6. The molecule has 2 aromatic rings. The summed E-state index contributed by atoms with van der Waals surface area (Å²) in [5, 5.41) is 13.1. The van der Waals surface area contributed by atoms with Gasteiger partial charge in [0.05, 0.1) is 18.2 Å². The second-order valence-corrected chi connectivity index (χ2v) is 8.50. The molecule has 8 nitrogen and oxygen atoms in total. The van der Waals surface area contributed by atoms with Crippen molar-refractivity contribution in [2.24, 2.45) is 5.92 Å². The van der Waals surface area contributed by atoms with Gasteiger partial charge in [-0.05, 0) is 56.9 Å². The van der Waals surface area contributed by atoms with Crippen LogP contribution in [-0.4, -0.2) is 41.0 Å². The zero-order valence-electron chi connectivity index (χ0n) is 18.8. The molecule has 3 N–H and O–H groups in total. The van der Waals surface area contributed by atoms with Crippen molar-refractivity contribution in [1.29, 1.82) is 0 Å². The van der Waals surface area contributed by atoms with E-state index in [9.17, 15) is 9.59 Å². The highest BCUT2D eigenvalue weighted by atomic mass is 16.5. The first-order valence-electron chi connectivity index (χ1n) is 10.9. The number of nitrogens with zero attached hydrogens (tertiary/aromatic N) is 2. The second-order valence-electron chi connectivity index (χ2n) is 8.50. The Morgan fingerprint density at radius 1 is 1.16 bits per heavy atom. The fraction of sp³-hybridized carbons (Fsp3) is 0.522. The van der Waals surface area contributed by atoms with E-state index in [2.05, 4.69) is 34.9 Å². The van der Waals surface area contributed by atoms with Crippen LogP contribution in [0.5, 0.6) is 0 Å². The number of aryl methyl sites for hydroxylation is 1. The van der Waals surface area contributed by atoms with E-state index in [4.69, 9.17) is 4.74 Å². The molecule has 8 heteroatoms. The molecule has 1 aromatic carbocycles. The molecule has 1 aliphatic rings. The zero-order chi connectivity index (χ0) is 22.4. The second kappa shape index (κ2) is 10.4. The minimum Gasteiger partial charge on any atom is -0.376 e. The molecule has 0 radical (unpaired) electrons. The minimum absolute atomic E-state index is 0.0923. The van der Waals surface area contributed by atoms with Crippen LogP contribution in [0.1, 0.15) is 43.6 Å². The Hall–Kier alpha value is -2.87. The van der Waals surface area contributed by atoms with Gasteiger partial charge in [0, 0.05) is 42.3 Å². The smallest absolute Gasteiger partial charge is 0.319 e. The van der Waals surface area contributed by atoms with Crippen molar-refractivity contribution in [1.82, 2.24) is 15.1 Å². The van der Waals surface area contributed by atoms with Crippen molar-refractivity contribution in [3.8, 4) is 0 Å². The summed E-state index contributed by atoms with van der Waals surface area (Å²) in [4.78, 5) is 24.6. The maximum Gasteiger partial charge on any atom is 0.319 e. The molecule has 3 rings (SSSR count). The summed E-state index contributed by atoms with van der Waals surface area (Å²) >= 11 is 0. The lowest BCUT2D eigenvalue weighted by Crippen LogP contribution is -2.35. The number of urea groups is 1. The summed E-state index contributed by atoms with van der Waals surface area (Å²) in [5.74, 6) is 0.398. The number of benzene rings is 1. The van der Waals surface area contributed by atoms with Gasteiger partial charge in [-0.3, -0.25) is 9.48 Å². The highest BCUT2D eigenvalue weighted by Gasteiger charge is 2.17. The van der Waals surface area contributed by atoms with Gasteiger partial charge < -0.3 is 20.7 Å². The number of carbonyl (C=O) groups is 2. The van der Waals surface area contributed by atoms with E-state index in [0.29, 0.717) is 23.8 Å². The van der Waals surface area contributed by atoms with Crippen molar-refractivity contribution in [2.75, 3.05) is 23.8 Å². The maximum absolute atomic E-state index is 12.6. The number of ether oxygens (including phenoxy) is 1. The SMILES string of the molecule is Cc1nn(CC(C)C)c(C)c1CC(=O)Nc1ccc(NC(=O)NCC2CCCO2)cc1. The number of rotatable bonds is 8. The number of nitrogens with one attached hydrogen (secondary N) is 3. The van der Waals surface area contributed by atoms with Crippen LogP contribution in [0.15, 0.2) is 24.3 Å². The third-order valence-electron chi connectivity index (χ3n) is 5.35. The molecule has 1 unspecified atom stereocenters. The topological polar surface area (TPSA) is 97.3 Å². The Balaban J connectivity index is 1.49. The molecule has 31 heavy (non-hydrogen) atoms. The number of amides is 3. The van der Waals surface area contributed by atoms with Gasteiger partial charge in [-0.1, -0.05) is 13.8 Å². The molecular weight excluding hydrogens is 394 g/mol. The van der Waals surface area contributed by atoms with E-state index in [-0.39, 0.29) is 24.5 Å². The van der Waals surface area contributed by atoms with Crippen LogP contribution in [0.25, 0.3) is 0 Å². The molecule has 0 spiro atoms. The van der Waals surface area contributed by atoms with Gasteiger partial charge in [0.25, 0.3) is 0 Å². The molecule has 1 saturated heterocycles. The van der Waals surface area contributed by atoms with Gasteiger partial charge in [0.1, 0.15) is 0 Å². The quantitative estimate of drug-likeness (QED) is 0.599. The largest absolute Gasteiger partial charge is 0.376 e. The lowest BCUT2D eigenvalue weighted by Gasteiger charge is -2.12.